The maximum atomic E-state index is 12.4. The minimum Gasteiger partial charge on any atom is -0.444 e. The van der Waals surface area contributed by atoms with Crippen molar-refractivity contribution in [2.75, 3.05) is 18.4 Å². The number of ether oxygens (including phenoxy) is 1. The zero-order valence-corrected chi connectivity index (χ0v) is 18.5. The van der Waals surface area contributed by atoms with E-state index in [1.54, 1.807) is 0 Å². The Bertz CT molecular complexity index is 844. The van der Waals surface area contributed by atoms with Crippen LogP contribution in [0.15, 0.2) is 48.5 Å². The Morgan fingerprint density at radius 2 is 1.73 bits per heavy atom. The molecule has 1 atom stereocenters. The standard InChI is InChI=1S/C26H34N2O2/c1-26(2,3)30-25(29)28-16-6-9-24(28)14-15-27-23-12-10-19(11-13-23)22-17-20-7-4-5-8-21(20)18-22/h4-5,7-8,10-13,22,24,27H,6,9,14-18H2,1-3H3. The van der Waals surface area contributed by atoms with Crippen LogP contribution >= 0.6 is 0 Å². The zero-order valence-electron chi connectivity index (χ0n) is 18.5. The fraction of sp³-hybridized carbons (Fsp3) is 0.500. The second kappa shape index (κ2) is 8.71. The quantitative estimate of drug-likeness (QED) is 0.685. The van der Waals surface area contributed by atoms with Crippen molar-refractivity contribution in [3.63, 3.8) is 0 Å². The number of hydrogen-bond donors (Lipinski definition) is 1. The maximum absolute atomic E-state index is 12.4. The van der Waals surface area contributed by atoms with Gasteiger partial charge in [-0.3, -0.25) is 0 Å². The van der Waals surface area contributed by atoms with Crippen molar-refractivity contribution in [1.29, 1.82) is 0 Å². The summed E-state index contributed by atoms with van der Waals surface area (Å²) >= 11 is 0. The first kappa shape index (κ1) is 20.8. The Hall–Kier alpha value is -2.49. The Morgan fingerprint density at radius 3 is 2.37 bits per heavy atom. The molecule has 1 N–H and O–H groups in total. The summed E-state index contributed by atoms with van der Waals surface area (Å²) in [7, 11) is 0. The van der Waals surface area contributed by atoms with Gasteiger partial charge in [0, 0.05) is 24.8 Å². The lowest BCUT2D eigenvalue weighted by atomic mass is 9.96. The minimum absolute atomic E-state index is 0.174. The van der Waals surface area contributed by atoms with Gasteiger partial charge in [-0.2, -0.15) is 0 Å². The average Bonchev–Trinajstić information content (AvgIpc) is 3.34. The molecule has 0 spiro atoms. The van der Waals surface area contributed by atoms with Gasteiger partial charge in [-0.05, 0) is 87.6 Å². The molecule has 0 aromatic heterocycles. The van der Waals surface area contributed by atoms with Crippen LogP contribution in [0.3, 0.4) is 0 Å². The number of fused-ring (bicyclic) bond motifs is 1. The number of carbonyl (C=O) groups excluding carboxylic acids is 1. The van der Waals surface area contributed by atoms with E-state index in [1.165, 1.54) is 16.7 Å². The molecule has 1 unspecified atom stereocenters. The molecule has 1 aliphatic carbocycles. The maximum Gasteiger partial charge on any atom is 0.410 e. The van der Waals surface area contributed by atoms with Gasteiger partial charge in [0.25, 0.3) is 0 Å². The summed E-state index contributed by atoms with van der Waals surface area (Å²) in [6.45, 7) is 7.43. The number of likely N-dealkylation sites (tertiary alicyclic amines) is 1. The lowest BCUT2D eigenvalue weighted by molar-refractivity contribution is 0.0223. The summed E-state index contributed by atoms with van der Waals surface area (Å²) in [5.74, 6) is 0.595. The average molecular weight is 407 g/mol. The largest absolute Gasteiger partial charge is 0.444 e. The number of nitrogens with one attached hydrogen (secondary N) is 1. The van der Waals surface area contributed by atoms with Gasteiger partial charge in [0.2, 0.25) is 0 Å². The Labute approximate surface area is 180 Å². The van der Waals surface area contributed by atoms with Gasteiger partial charge >= 0.3 is 6.09 Å². The first-order chi connectivity index (χ1) is 14.4. The molecule has 160 valence electrons. The number of hydrogen-bond acceptors (Lipinski definition) is 3. The highest BCUT2D eigenvalue weighted by molar-refractivity contribution is 5.69. The second-order valence-electron chi connectivity index (χ2n) is 9.68. The van der Waals surface area contributed by atoms with Crippen LogP contribution in [-0.4, -0.2) is 35.7 Å². The van der Waals surface area contributed by atoms with Crippen molar-refractivity contribution in [2.24, 2.45) is 0 Å². The van der Waals surface area contributed by atoms with E-state index in [2.05, 4.69) is 53.8 Å². The second-order valence-corrected chi connectivity index (χ2v) is 9.68. The third kappa shape index (κ3) is 4.97. The normalized spacial score (nSPS) is 19.0. The predicted octanol–water partition coefficient (Wildman–Crippen LogP) is 5.77. The summed E-state index contributed by atoms with van der Waals surface area (Å²) in [6, 6.07) is 18.0. The fourth-order valence-electron chi connectivity index (χ4n) is 4.75. The monoisotopic (exact) mass is 406 g/mol. The van der Waals surface area contributed by atoms with Crippen molar-refractivity contribution in [3.05, 3.63) is 65.2 Å². The summed E-state index contributed by atoms with van der Waals surface area (Å²) < 4.78 is 5.57. The first-order valence-electron chi connectivity index (χ1n) is 11.3. The summed E-state index contributed by atoms with van der Waals surface area (Å²) in [4.78, 5) is 14.3. The lowest BCUT2D eigenvalue weighted by Gasteiger charge is -2.28. The number of benzene rings is 2. The molecule has 1 saturated heterocycles. The molecule has 4 nitrogen and oxygen atoms in total. The molecule has 0 bridgehead atoms. The van der Waals surface area contributed by atoms with E-state index in [1.807, 2.05) is 25.7 Å². The topological polar surface area (TPSA) is 41.6 Å². The van der Waals surface area contributed by atoms with Crippen LogP contribution in [0.5, 0.6) is 0 Å². The molecule has 2 aromatic rings. The van der Waals surface area contributed by atoms with Gasteiger partial charge in [0.05, 0.1) is 0 Å². The van der Waals surface area contributed by atoms with Crippen LogP contribution in [0.2, 0.25) is 0 Å². The predicted molar refractivity (Wildman–Crippen MR) is 122 cm³/mol. The molecule has 1 amide bonds. The molecule has 4 rings (SSSR count). The molecule has 2 aliphatic rings. The zero-order chi connectivity index (χ0) is 21.1. The Kier molecular flexibility index (Phi) is 6.03. The van der Waals surface area contributed by atoms with Crippen molar-refractivity contribution in [3.8, 4) is 0 Å². The number of carbonyl (C=O) groups is 1. The number of anilines is 1. The van der Waals surface area contributed by atoms with Crippen LogP contribution < -0.4 is 5.32 Å². The van der Waals surface area contributed by atoms with Crippen molar-refractivity contribution < 1.29 is 9.53 Å². The van der Waals surface area contributed by atoms with Gasteiger partial charge in [0.15, 0.2) is 0 Å². The summed E-state index contributed by atoms with van der Waals surface area (Å²) in [5, 5.41) is 3.54. The van der Waals surface area contributed by atoms with Crippen molar-refractivity contribution >= 4 is 11.8 Å². The molecule has 1 aliphatic heterocycles. The highest BCUT2D eigenvalue weighted by Gasteiger charge is 2.31. The van der Waals surface area contributed by atoms with E-state index in [-0.39, 0.29) is 12.1 Å². The number of nitrogens with zero attached hydrogens (tertiary/aromatic N) is 1. The highest BCUT2D eigenvalue weighted by Crippen LogP contribution is 2.34. The van der Waals surface area contributed by atoms with Gasteiger partial charge in [0.1, 0.15) is 5.60 Å². The third-order valence-corrected chi connectivity index (χ3v) is 6.24. The van der Waals surface area contributed by atoms with Crippen LogP contribution in [0.1, 0.15) is 62.6 Å². The van der Waals surface area contributed by atoms with E-state index < -0.39 is 5.60 Å². The highest BCUT2D eigenvalue weighted by atomic mass is 16.6. The van der Waals surface area contributed by atoms with Gasteiger partial charge in [-0.15, -0.1) is 0 Å². The minimum atomic E-state index is -0.440. The van der Waals surface area contributed by atoms with E-state index >= 15 is 0 Å². The lowest BCUT2D eigenvalue weighted by Crippen LogP contribution is -2.40. The number of rotatable bonds is 5. The van der Waals surface area contributed by atoms with Gasteiger partial charge in [-0.1, -0.05) is 36.4 Å². The van der Waals surface area contributed by atoms with E-state index in [9.17, 15) is 4.79 Å². The van der Waals surface area contributed by atoms with Crippen LogP contribution in [0.4, 0.5) is 10.5 Å². The fourth-order valence-corrected chi connectivity index (χ4v) is 4.75. The van der Waals surface area contributed by atoms with E-state index in [0.717, 1.165) is 50.9 Å². The SMILES string of the molecule is CC(C)(C)OC(=O)N1CCCC1CCNc1ccc(C2Cc3ccccc3C2)cc1. The Morgan fingerprint density at radius 1 is 1.07 bits per heavy atom. The summed E-state index contributed by atoms with van der Waals surface area (Å²) in [6.07, 6.45) is 5.17. The van der Waals surface area contributed by atoms with Crippen LogP contribution in [-0.2, 0) is 17.6 Å². The molecule has 2 aromatic carbocycles. The van der Waals surface area contributed by atoms with Crippen molar-refractivity contribution in [2.45, 2.75) is 70.4 Å². The van der Waals surface area contributed by atoms with Gasteiger partial charge in [-0.25, -0.2) is 4.79 Å². The molecule has 4 heteroatoms. The van der Waals surface area contributed by atoms with Crippen molar-refractivity contribution in [1.82, 2.24) is 4.90 Å². The molecule has 1 heterocycles. The van der Waals surface area contributed by atoms with Gasteiger partial charge < -0.3 is 15.0 Å². The third-order valence-electron chi connectivity index (χ3n) is 6.24. The molecule has 0 saturated carbocycles. The number of amides is 1. The molecular formula is C26H34N2O2. The van der Waals surface area contributed by atoms with E-state index in [4.69, 9.17) is 4.74 Å². The summed E-state index contributed by atoms with van der Waals surface area (Å²) in [5.41, 5.74) is 5.12. The van der Waals surface area contributed by atoms with Crippen LogP contribution in [0, 0.1) is 0 Å². The Balaban J connectivity index is 1.26. The van der Waals surface area contributed by atoms with Crippen LogP contribution in [0.25, 0.3) is 0 Å². The van der Waals surface area contributed by atoms with E-state index in [0.29, 0.717) is 5.92 Å². The molecule has 1 fully saturated rings. The smallest absolute Gasteiger partial charge is 0.410 e. The first-order valence-corrected chi connectivity index (χ1v) is 11.3. The molecular weight excluding hydrogens is 372 g/mol. The molecule has 0 radical (unpaired) electrons. The molecule has 30 heavy (non-hydrogen) atoms.